The third kappa shape index (κ3) is 4.93. The molecule has 23 heavy (non-hydrogen) atoms. The number of piperidine rings is 1. The van der Waals surface area contributed by atoms with Gasteiger partial charge in [-0.3, -0.25) is 4.79 Å². The number of hydrogen-bond acceptors (Lipinski definition) is 3. The predicted octanol–water partition coefficient (Wildman–Crippen LogP) is 3.53. The Kier molecular flexibility index (Phi) is 6.35. The molecule has 3 rings (SSSR count). The largest absolute Gasteiger partial charge is 0.375 e. The van der Waals surface area contributed by atoms with E-state index in [4.69, 9.17) is 9.47 Å². The summed E-state index contributed by atoms with van der Waals surface area (Å²) in [4.78, 5) is 14.3. The first-order valence-corrected chi connectivity index (χ1v) is 9.77. The van der Waals surface area contributed by atoms with Gasteiger partial charge in [-0.2, -0.15) is 0 Å². The van der Waals surface area contributed by atoms with Crippen molar-refractivity contribution in [2.24, 2.45) is 5.92 Å². The molecule has 3 aliphatic rings. The van der Waals surface area contributed by atoms with E-state index in [9.17, 15) is 4.79 Å². The Labute approximate surface area is 140 Å². The number of carbonyl (C=O) groups is 1. The average Bonchev–Trinajstić information content (AvgIpc) is 3.07. The molecule has 1 saturated heterocycles. The molecule has 4 heteroatoms. The lowest BCUT2D eigenvalue weighted by Gasteiger charge is -2.34. The molecule has 0 bridgehead atoms. The second kappa shape index (κ2) is 8.48. The van der Waals surface area contributed by atoms with Crippen LogP contribution in [0.15, 0.2) is 0 Å². The van der Waals surface area contributed by atoms with E-state index in [0.29, 0.717) is 18.1 Å². The van der Waals surface area contributed by atoms with Crippen LogP contribution in [0.4, 0.5) is 0 Å². The molecule has 1 amide bonds. The maximum Gasteiger partial charge on any atom is 0.248 e. The van der Waals surface area contributed by atoms with Gasteiger partial charge >= 0.3 is 0 Å². The normalized spacial score (nSPS) is 30.7. The van der Waals surface area contributed by atoms with Crippen LogP contribution in [-0.2, 0) is 14.3 Å². The van der Waals surface area contributed by atoms with Crippen LogP contribution in [0.1, 0.15) is 71.1 Å². The summed E-state index contributed by atoms with van der Waals surface area (Å²) < 4.78 is 12.1. The van der Waals surface area contributed by atoms with Gasteiger partial charge in [0.2, 0.25) is 5.91 Å². The summed E-state index contributed by atoms with van der Waals surface area (Å²) in [5.74, 6) is 0.768. The zero-order valence-corrected chi connectivity index (χ0v) is 14.7. The van der Waals surface area contributed by atoms with E-state index in [2.05, 4.69) is 6.92 Å². The molecule has 0 spiro atoms. The molecule has 2 saturated carbocycles. The van der Waals surface area contributed by atoms with Gasteiger partial charge in [-0.25, -0.2) is 0 Å². The molecule has 132 valence electrons. The number of amides is 1. The fraction of sp³-hybridized carbons (Fsp3) is 0.947. The predicted molar refractivity (Wildman–Crippen MR) is 90.3 cm³/mol. The average molecular weight is 323 g/mol. The van der Waals surface area contributed by atoms with Crippen LogP contribution in [0.2, 0.25) is 0 Å². The zero-order chi connectivity index (χ0) is 16.1. The molecule has 0 aromatic heterocycles. The standard InChI is InChI=1S/C19H33NO3/c1-15-6-2-5-9-18(15)22-14-19(21)20-12-10-17(11-13-20)23-16-7-3-4-8-16/h15-18H,2-14H2,1H3/t15-,18+/m1/s1. The van der Waals surface area contributed by atoms with Crippen molar-refractivity contribution in [3.63, 3.8) is 0 Å². The minimum absolute atomic E-state index is 0.169. The van der Waals surface area contributed by atoms with Crippen molar-refractivity contribution < 1.29 is 14.3 Å². The minimum atomic E-state index is 0.169. The highest BCUT2D eigenvalue weighted by molar-refractivity contribution is 5.77. The van der Waals surface area contributed by atoms with Crippen LogP contribution in [0.3, 0.4) is 0 Å². The molecule has 0 aromatic rings. The number of nitrogens with zero attached hydrogens (tertiary/aromatic N) is 1. The zero-order valence-electron chi connectivity index (χ0n) is 14.7. The van der Waals surface area contributed by atoms with Crippen LogP contribution in [0.25, 0.3) is 0 Å². The van der Waals surface area contributed by atoms with Crippen molar-refractivity contribution in [1.82, 2.24) is 4.90 Å². The summed E-state index contributed by atoms with van der Waals surface area (Å²) >= 11 is 0. The van der Waals surface area contributed by atoms with Crippen molar-refractivity contribution in [2.75, 3.05) is 19.7 Å². The lowest BCUT2D eigenvalue weighted by molar-refractivity contribution is -0.143. The van der Waals surface area contributed by atoms with Crippen LogP contribution >= 0.6 is 0 Å². The molecule has 1 aliphatic heterocycles. The molecule has 0 aromatic carbocycles. The van der Waals surface area contributed by atoms with Gasteiger partial charge < -0.3 is 14.4 Å². The van der Waals surface area contributed by atoms with Gasteiger partial charge in [-0.1, -0.05) is 32.6 Å². The number of likely N-dealkylation sites (tertiary alicyclic amines) is 1. The molecule has 0 unspecified atom stereocenters. The quantitative estimate of drug-likeness (QED) is 0.777. The summed E-state index contributed by atoms with van der Waals surface area (Å²) in [5.41, 5.74) is 0. The third-order valence-corrected chi connectivity index (χ3v) is 5.94. The third-order valence-electron chi connectivity index (χ3n) is 5.94. The molecule has 1 heterocycles. The maximum absolute atomic E-state index is 12.4. The van der Waals surface area contributed by atoms with Crippen molar-refractivity contribution in [2.45, 2.75) is 89.4 Å². The highest BCUT2D eigenvalue weighted by atomic mass is 16.5. The molecule has 2 aliphatic carbocycles. The highest BCUT2D eigenvalue weighted by Crippen LogP contribution is 2.27. The minimum Gasteiger partial charge on any atom is -0.375 e. The first-order chi connectivity index (χ1) is 11.2. The lowest BCUT2D eigenvalue weighted by atomic mass is 9.88. The lowest BCUT2D eigenvalue weighted by Crippen LogP contribution is -2.44. The first kappa shape index (κ1) is 17.2. The van der Waals surface area contributed by atoms with Crippen LogP contribution in [0.5, 0.6) is 0 Å². The van der Waals surface area contributed by atoms with Crippen LogP contribution in [-0.4, -0.2) is 48.8 Å². The highest BCUT2D eigenvalue weighted by Gasteiger charge is 2.28. The fourth-order valence-corrected chi connectivity index (χ4v) is 4.34. The Hall–Kier alpha value is -0.610. The van der Waals surface area contributed by atoms with Gasteiger partial charge in [0, 0.05) is 13.1 Å². The van der Waals surface area contributed by atoms with E-state index in [1.165, 1.54) is 44.9 Å². The number of ether oxygens (including phenoxy) is 2. The SMILES string of the molecule is C[C@@H]1CCCC[C@@H]1OCC(=O)N1CCC(OC2CCCC2)CC1. The summed E-state index contributed by atoms with van der Waals surface area (Å²) in [6, 6.07) is 0. The molecule has 0 N–H and O–H groups in total. The van der Waals surface area contributed by atoms with Gasteiger partial charge in [0.25, 0.3) is 0 Å². The Bertz CT molecular complexity index is 373. The van der Waals surface area contributed by atoms with E-state index < -0.39 is 0 Å². The van der Waals surface area contributed by atoms with Gasteiger partial charge in [0.1, 0.15) is 6.61 Å². The maximum atomic E-state index is 12.4. The molecule has 2 atom stereocenters. The van der Waals surface area contributed by atoms with Crippen LogP contribution in [0, 0.1) is 5.92 Å². The Morgan fingerprint density at radius 2 is 1.52 bits per heavy atom. The number of carbonyl (C=O) groups excluding carboxylic acids is 1. The summed E-state index contributed by atoms with van der Waals surface area (Å²) in [5, 5.41) is 0. The second-order valence-electron chi connectivity index (χ2n) is 7.73. The molecular formula is C19H33NO3. The van der Waals surface area contributed by atoms with E-state index in [0.717, 1.165) is 32.4 Å². The molecular weight excluding hydrogens is 290 g/mol. The van der Waals surface area contributed by atoms with Crippen molar-refractivity contribution >= 4 is 5.91 Å². The van der Waals surface area contributed by atoms with E-state index in [1.807, 2.05) is 4.90 Å². The number of rotatable bonds is 5. The monoisotopic (exact) mass is 323 g/mol. The van der Waals surface area contributed by atoms with E-state index >= 15 is 0 Å². The summed E-state index contributed by atoms with van der Waals surface area (Å²) in [6.07, 6.45) is 13.1. The first-order valence-electron chi connectivity index (χ1n) is 9.77. The smallest absolute Gasteiger partial charge is 0.248 e. The van der Waals surface area contributed by atoms with Crippen molar-refractivity contribution in [3.8, 4) is 0 Å². The van der Waals surface area contributed by atoms with Crippen LogP contribution < -0.4 is 0 Å². The van der Waals surface area contributed by atoms with Gasteiger partial charge in [-0.15, -0.1) is 0 Å². The van der Waals surface area contributed by atoms with Gasteiger partial charge in [0.15, 0.2) is 0 Å². The van der Waals surface area contributed by atoms with E-state index in [1.54, 1.807) is 0 Å². The Morgan fingerprint density at radius 3 is 2.22 bits per heavy atom. The van der Waals surface area contributed by atoms with E-state index in [-0.39, 0.29) is 18.6 Å². The van der Waals surface area contributed by atoms with Crippen molar-refractivity contribution in [1.29, 1.82) is 0 Å². The topological polar surface area (TPSA) is 38.8 Å². The Morgan fingerprint density at radius 1 is 0.913 bits per heavy atom. The molecule has 4 nitrogen and oxygen atoms in total. The fourth-order valence-electron chi connectivity index (χ4n) is 4.34. The molecule has 3 fully saturated rings. The second-order valence-corrected chi connectivity index (χ2v) is 7.73. The summed E-state index contributed by atoms with van der Waals surface area (Å²) in [6.45, 7) is 4.18. The Balaban J connectivity index is 1.34. The summed E-state index contributed by atoms with van der Waals surface area (Å²) in [7, 11) is 0. The van der Waals surface area contributed by atoms with Gasteiger partial charge in [-0.05, 0) is 44.4 Å². The van der Waals surface area contributed by atoms with Crippen molar-refractivity contribution in [3.05, 3.63) is 0 Å². The molecule has 0 radical (unpaired) electrons. The van der Waals surface area contributed by atoms with Gasteiger partial charge in [0.05, 0.1) is 18.3 Å². The number of hydrogen-bond donors (Lipinski definition) is 0.